The number of anilines is 1. The predicted octanol–water partition coefficient (Wildman–Crippen LogP) is 3.69. The number of amides is 1. The quantitative estimate of drug-likeness (QED) is 0.605. The molecule has 0 aliphatic carbocycles. The van der Waals surface area contributed by atoms with E-state index in [1.165, 1.54) is 5.69 Å². The van der Waals surface area contributed by atoms with Crippen LogP contribution in [-0.2, 0) is 17.8 Å². The maximum Gasteiger partial charge on any atom is 0.257 e. The fourth-order valence-electron chi connectivity index (χ4n) is 3.56. The Morgan fingerprint density at radius 2 is 1.87 bits per heavy atom. The molecular weight excluding hydrogens is 400 g/mol. The maximum atomic E-state index is 12.8. The Labute approximate surface area is 181 Å². The number of nitrogens with zero attached hydrogens (tertiary/aromatic N) is 4. The smallest absolute Gasteiger partial charge is 0.257 e. The van der Waals surface area contributed by atoms with Crippen LogP contribution in [0.2, 0.25) is 5.02 Å². The summed E-state index contributed by atoms with van der Waals surface area (Å²) in [6.45, 7) is 4.43. The van der Waals surface area contributed by atoms with Crippen molar-refractivity contribution in [2.45, 2.75) is 13.1 Å². The number of ether oxygens (including phenoxy) is 1. The van der Waals surface area contributed by atoms with E-state index >= 15 is 0 Å². The SMILES string of the molecule is CN(Cc1ccc(N2CCOCC2)cc1)C(=O)c1cnn(Cc2ccccc2Cl)c1. The fourth-order valence-corrected chi connectivity index (χ4v) is 3.76. The van der Waals surface area contributed by atoms with Crippen molar-refractivity contribution >= 4 is 23.2 Å². The summed E-state index contributed by atoms with van der Waals surface area (Å²) in [5, 5.41) is 5.01. The molecule has 2 aromatic carbocycles. The summed E-state index contributed by atoms with van der Waals surface area (Å²) in [5.74, 6) is -0.0577. The molecule has 1 amide bonds. The third kappa shape index (κ3) is 4.83. The third-order valence-electron chi connectivity index (χ3n) is 5.25. The van der Waals surface area contributed by atoms with Crippen LogP contribution in [0.3, 0.4) is 0 Å². The molecule has 1 aliphatic rings. The Balaban J connectivity index is 1.37. The Morgan fingerprint density at radius 3 is 2.60 bits per heavy atom. The van der Waals surface area contributed by atoms with Crippen LogP contribution in [0.25, 0.3) is 0 Å². The van der Waals surface area contributed by atoms with Crippen molar-refractivity contribution < 1.29 is 9.53 Å². The number of aromatic nitrogens is 2. The average Bonchev–Trinajstić information content (AvgIpc) is 3.24. The van der Waals surface area contributed by atoms with E-state index in [0.717, 1.165) is 37.4 Å². The number of hydrogen-bond donors (Lipinski definition) is 0. The zero-order chi connectivity index (χ0) is 20.9. The van der Waals surface area contributed by atoms with Crippen molar-refractivity contribution in [1.82, 2.24) is 14.7 Å². The van der Waals surface area contributed by atoms with Crippen LogP contribution in [0, 0.1) is 0 Å². The summed E-state index contributed by atoms with van der Waals surface area (Å²) in [6.07, 6.45) is 3.38. The van der Waals surface area contributed by atoms with E-state index in [2.05, 4.69) is 34.3 Å². The van der Waals surface area contributed by atoms with Crippen LogP contribution in [0.1, 0.15) is 21.5 Å². The van der Waals surface area contributed by atoms with Crippen molar-refractivity contribution in [2.24, 2.45) is 0 Å². The molecule has 6 nitrogen and oxygen atoms in total. The van der Waals surface area contributed by atoms with E-state index in [1.54, 1.807) is 22.0 Å². The van der Waals surface area contributed by atoms with Gasteiger partial charge in [-0.3, -0.25) is 9.48 Å². The van der Waals surface area contributed by atoms with Crippen LogP contribution in [-0.4, -0.2) is 53.9 Å². The minimum absolute atomic E-state index is 0.0577. The van der Waals surface area contributed by atoms with Gasteiger partial charge < -0.3 is 14.5 Å². The molecule has 3 aromatic rings. The zero-order valence-corrected chi connectivity index (χ0v) is 17.8. The highest BCUT2D eigenvalue weighted by atomic mass is 35.5. The lowest BCUT2D eigenvalue weighted by Gasteiger charge is -2.29. The van der Waals surface area contributed by atoms with Gasteiger partial charge in [-0.15, -0.1) is 0 Å². The summed E-state index contributed by atoms with van der Waals surface area (Å²) in [6, 6.07) is 16.0. The predicted molar refractivity (Wildman–Crippen MR) is 118 cm³/mol. The molecule has 1 aromatic heterocycles. The van der Waals surface area contributed by atoms with Crippen LogP contribution < -0.4 is 4.90 Å². The van der Waals surface area contributed by atoms with E-state index < -0.39 is 0 Å². The topological polar surface area (TPSA) is 50.6 Å². The molecule has 0 spiro atoms. The van der Waals surface area contributed by atoms with Crippen molar-refractivity contribution in [3.8, 4) is 0 Å². The Morgan fingerprint density at radius 1 is 1.13 bits per heavy atom. The van der Waals surface area contributed by atoms with Crippen LogP contribution >= 0.6 is 11.6 Å². The van der Waals surface area contributed by atoms with Crippen molar-refractivity contribution in [2.75, 3.05) is 38.3 Å². The highest BCUT2D eigenvalue weighted by Gasteiger charge is 2.16. The lowest BCUT2D eigenvalue weighted by atomic mass is 10.1. The van der Waals surface area contributed by atoms with Crippen LogP contribution in [0.5, 0.6) is 0 Å². The van der Waals surface area contributed by atoms with Gasteiger partial charge in [-0.25, -0.2) is 0 Å². The molecular formula is C23H25ClN4O2. The van der Waals surface area contributed by atoms with Gasteiger partial charge in [0.2, 0.25) is 0 Å². The number of morpholine rings is 1. The first-order valence-corrected chi connectivity index (χ1v) is 10.4. The third-order valence-corrected chi connectivity index (χ3v) is 5.62. The van der Waals surface area contributed by atoms with Gasteiger partial charge >= 0.3 is 0 Å². The molecule has 0 N–H and O–H groups in total. The summed E-state index contributed by atoms with van der Waals surface area (Å²) < 4.78 is 7.14. The van der Waals surface area contributed by atoms with Gasteiger partial charge in [-0.1, -0.05) is 41.9 Å². The molecule has 30 heavy (non-hydrogen) atoms. The second-order valence-electron chi connectivity index (χ2n) is 7.45. The van der Waals surface area contributed by atoms with Gasteiger partial charge in [-0.05, 0) is 29.3 Å². The molecule has 156 valence electrons. The maximum absolute atomic E-state index is 12.8. The number of carbonyl (C=O) groups is 1. The van der Waals surface area contributed by atoms with Crippen molar-refractivity contribution in [3.63, 3.8) is 0 Å². The van der Waals surface area contributed by atoms with Gasteiger partial charge in [0.05, 0.1) is 31.5 Å². The minimum Gasteiger partial charge on any atom is -0.378 e. The van der Waals surface area contributed by atoms with E-state index in [1.807, 2.05) is 31.3 Å². The molecule has 0 bridgehead atoms. The highest BCUT2D eigenvalue weighted by molar-refractivity contribution is 6.31. The fraction of sp³-hybridized carbons (Fsp3) is 0.304. The molecule has 0 unspecified atom stereocenters. The van der Waals surface area contributed by atoms with Crippen molar-refractivity contribution in [3.05, 3.63) is 82.6 Å². The Bertz CT molecular complexity index is 996. The normalized spacial score (nSPS) is 14.0. The first kappa shape index (κ1) is 20.4. The Hall–Kier alpha value is -2.83. The first-order valence-electron chi connectivity index (χ1n) is 10.0. The van der Waals surface area contributed by atoms with E-state index in [-0.39, 0.29) is 5.91 Å². The summed E-state index contributed by atoms with van der Waals surface area (Å²) in [5.41, 5.74) is 3.81. The van der Waals surface area contributed by atoms with Crippen LogP contribution in [0.15, 0.2) is 60.9 Å². The summed E-state index contributed by atoms with van der Waals surface area (Å²) in [7, 11) is 1.81. The van der Waals surface area contributed by atoms with Gasteiger partial charge in [0.25, 0.3) is 5.91 Å². The molecule has 1 aliphatic heterocycles. The van der Waals surface area contributed by atoms with E-state index in [4.69, 9.17) is 16.3 Å². The van der Waals surface area contributed by atoms with Gasteiger partial charge in [0.1, 0.15) is 0 Å². The number of hydrogen-bond acceptors (Lipinski definition) is 4. The van der Waals surface area contributed by atoms with Gasteiger partial charge in [-0.2, -0.15) is 5.10 Å². The second kappa shape index (κ2) is 9.32. The number of carbonyl (C=O) groups excluding carboxylic acids is 1. The largest absolute Gasteiger partial charge is 0.378 e. The minimum atomic E-state index is -0.0577. The lowest BCUT2D eigenvalue weighted by molar-refractivity contribution is 0.0785. The monoisotopic (exact) mass is 424 g/mol. The summed E-state index contributed by atoms with van der Waals surface area (Å²) >= 11 is 6.22. The second-order valence-corrected chi connectivity index (χ2v) is 7.85. The van der Waals surface area contributed by atoms with E-state index in [9.17, 15) is 4.79 Å². The molecule has 4 rings (SSSR count). The van der Waals surface area contributed by atoms with Gasteiger partial charge in [0, 0.05) is 43.6 Å². The van der Waals surface area contributed by atoms with Gasteiger partial charge in [0.15, 0.2) is 0 Å². The average molecular weight is 425 g/mol. The molecule has 1 fully saturated rings. The number of rotatable bonds is 6. The molecule has 0 atom stereocenters. The lowest BCUT2D eigenvalue weighted by Crippen LogP contribution is -2.36. The summed E-state index contributed by atoms with van der Waals surface area (Å²) in [4.78, 5) is 16.8. The van der Waals surface area contributed by atoms with Crippen molar-refractivity contribution in [1.29, 1.82) is 0 Å². The molecule has 2 heterocycles. The number of halogens is 1. The number of benzene rings is 2. The molecule has 0 radical (unpaired) electrons. The Kier molecular flexibility index (Phi) is 6.35. The zero-order valence-electron chi connectivity index (χ0n) is 17.0. The molecule has 0 saturated carbocycles. The van der Waals surface area contributed by atoms with Crippen LogP contribution in [0.4, 0.5) is 5.69 Å². The molecule has 1 saturated heterocycles. The molecule has 7 heteroatoms. The van der Waals surface area contributed by atoms with E-state index in [0.29, 0.717) is 23.7 Å². The standard InChI is InChI=1S/C23H25ClN4O2/c1-26(15-18-6-8-21(9-7-18)27-10-12-30-13-11-27)23(29)20-14-25-28(17-20)16-19-4-2-3-5-22(19)24/h2-9,14,17H,10-13,15-16H2,1H3. The highest BCUT2D eigenvalue weighted by Crippen LogP contribution is 2.19. The first-order chi connectivity index (χ1) is 14.6.